The summed E-state index contributed by atoms with van der Waals surface area (Å²) in [5, 5.41) is 2.85. The molecule has 1 amide bonds. The smallest absolute Gasteiger partial charge is 0.243 e. The van der Waals surface area contributed by atoms with Crippen LogP contribution in [0.5, 0.6) is 0 Å². The first-order chi connectivity index (χ1) is 8.04. The highest BCUT2D eigenvalue weighted by molar-refractivity contribution is 6.01. The van der Waals surface area contributed by atoms with E-state index in [2.05, 4.69) is 29.0 Å². The maximum atomic E-state index is 11.7. The van der Waals surface area contributed by atoms with Gasteiger partial charge < -0.3 is 16.0 Å². The van der Waals surface area contributed by atoms with Crippen LogP contribution >= 0.6 is 0 Å². The van der Waals surface area contributed by atoms with Gasteiger partial charge in [0.2, 0.25) is 5.91 Å². The van der Waals surface area contributed by atoms with Crippen molar-refractivity contribution in [1.29, 1.82) is 0 Å². The number of rotatable bonds is 3. The number of nitrogens with two attached hydrogens (primary N) is 1. The largest absolute Gasteiger partial charge is 0.354 e. The van der Waals surface area contributed by atoms with Crippen LogP contribution in [-0.4, -0.2) is 29.5 Å². The Morgan fingerprint density at radius 1 is 1.59 bits per heavy atom. The Balaban J connectivity index is 2.39. The molecule has 0 radical (unpaired) electrons. The Morgan fingerprint density at radius 3 is 3.06 bits per heavy atom. The van der Waals surface area contributed by atoms with E-state index in [0.717, 1.165) is 17.8 Å². The lowest BCUT2D eigenvalue weighted by Gasteiger charge is -2.42. The van der Waals surface area contributed by atoms with Gasteiger partial charge in [-0.05, 0) is 32.9 Å². The molecule has 5 heteroatoms. The van der Waals surface area contributed by atoms with Gasteiger partial charge in [0.15, 0.2) is 0 Å². The summed E-state index contributed by atoms with van der Waals surface area (Å²) in [6.07, 6.45) is 4.29. The summed E-state index contributed by atoms with van der Waals surface area (Å²) in [6.45, 7) is 5.14. The van der Waals surface area contributed by atoms with Crippen LogP contribution in [0.15, 0.2) is 18.5 Å². The van der Waals surface area contributed by atoms with Crippen molar-refractivity contribution in [1.82, 2.24) is 4.98 Å². The molecule has 0 saturated heterocycles. The molecule has 0 bridgehead atoms. The Kier molecular flexibility index (Phi) is 3.02. The monoisotopic (exact) mass is 234 g/mol. The molecule has 2 heterocycles. The molecule has 0 aliphatic carbocycles. The van der Waals surface area contributed by atoms with Gasteiger partial charge in [0.25, 0.3) is 0 Å². The van der Waals surface area contributed by atoms with Crippen molar-refractivity contribution < 1.29 is 4.79 Å². The first kappa shape index (κ1) is 11.9. The van der Waals surface area contributed by atoms with Gasteiger partial charge in [-0.25, -0.2) is 0 Å². The van der Waals surface area contributed by atoms with E-state index in [0.29, 0.717) is 13.1 Å². The number of pyridine rings is 1. The van der Waals surface area contributed by atoms with Gasteiger partial charge >= 0.3 is 0 Å². The average molecular weight is 234 g/mol. The zero-order valence-electron chi connectivity index (χ0n) is 10.2. The molecule has 0 aromatic carbocycles. The quantitative estimate of drug-likeness (QED) is 0.817. The molecular weight excluding hydrogens is 216 g/mol. The number of anilines is 2. The van der Waals surface area contributed by atoms with Gasteiger partial charge in [-0.2, -0.15) is 0 Å². The fraction of sp³-hybridized carbons (Fsp3) is 0.500. The van der Waals surface area contributed by atoms with Crippen LogP contribution in [-0.2, 0) is 4.79 Å². The van der Waals surface area contributed by atoms with Crippen molar-refractivity contribution >= 4 is 17.3 Å². The van der Waals surface area contributed by atoms with Crippen LogP contribution in [0.25, 0.3) is 0 Å². The number of fused-ring (bicyclic) bond motifs is 1. The summed E-state index contributed by atoms with van der Waals surface area (Å²) in [6, 6.07) is 1.82. The van der Waals surface area contributed by atoms with Gasteiger partial charge in [0.05, 0.1) is 24.1 Å². The van der Waals surface area contributed by atoms with Crippen LogP contribution in [0, 0.1) is 0 Å². The first-order valence-corrected chi connectivity index (χ1v) is 5.76. The van der Waals surface area contributed by atoms with Crippen LogP contribution in [0.2, 0.25) is 0 Å². The van der Waals surface area contributed by atoms with E-state index >= 15 is 0 Å². The molecular formula is C12H18N4O. The molecule has 5 nitrogen and oxygen atoms in total. The standard InChI is InChI=1S/C12H18N4O/c1-12(2,4-5-13)16-8-11(17)15-9-3-6-14-7-10(9)16/h3,6-7H,4-5,8,13H2,1-2H3,(H,15,17). The number of amides is 1. The Labute approximate surface area is 101 Å². The number of hydrogen-bond donors (Lipinski definition) is 2. The molecule has 0 atom stereocenters. The summed E-state index contributed by atoms with van der Waals surface area (Å²) < 4.78 is 0. The van der Waals surface area contributed by atoms with Crippen LogP contribution in [0.4, 0.5) is 11.4 Å². The van der Waals surface area contributed by atoms with E-state index in [-0.39, 0.29) is 11.4 Å². The molecule has 2 rings (SSSR count). The van der Waals surface area contributed by atoms with Crippen molar-refractivity contribution in [3.63, 3.8) is 0 Å². The highest BCUT2D eigenvalue weighted by Gasteiger charge is 2.32. The van der Waals surface area contributed by atoms with E-state index in [1.54, 1.807) is 12.4 Å². The summed E-state index contributed by atoms with van der Waals surface area (Å²) in [5.41, 5.74) is 7.27. The zero-order chi connectivity index (χ0) is 12.5. The second-order valence-electron chi connectivity index (χ2n) is 4.88. The van der Waals surface area contributed by atoms with Crippen LogP contribution < -0.4 is 16.0 Å². The SMILES string of the molecule is CC(C)(CCN)N1CC(=O)Nc2ccncc21. The molecule has 1 aliphatic heterocycles. The molecule has 1 aromatic rings. The third-order valence-corrected chi connectivity index (χ3v) is 3.15. The highest BCUT2D eigenvalue weighted by atomic mass is 16.2. The summed E-state index contributed by atoms with van der Waals surface area (Å²) in [7, 11) is 0. The van der Waals surface area contributed by atoms with Crippen molar-refractivity contribution in [2.75, 3.05) is 23.3 Å². The fourth-order valence-electron chi connectivity index (χ4n) is 2.15. The predicted octanol–water partition coefficient (Wildman–Crippen LogP) is 0.967. The second-order valence-corrected chi connectivity index (χ2v) is 4.88. The Hall–Kier alpha value is -1.62. The molecule has 1 aliphatic rings. The summed E-state index contributed by atoms with van der Waals surface area (Å²) in [5.74, 6) is 0.00814. The highest BCUT2D eigenvalue weighted by Crippen LogP contribution is 2.34. The minimum Gasteiger partial charge on any atom is -0.354 e. The number of nitrogens with one attached hydrogen (secondary N) is 1. The predicted molar refractivity (Wildman–Crippen MR) is 68.0 cm³/mol. The van der Waals surface area contributed by atoms with Crippen molar-refractivity contribution in [3.05, 3.63) is 18.5 Å². The topological polar surface area (TPSA) is 71.2 Å². The van der Waals surface area contributed by atoms with Gasteiger partial charge in [-0.1, -0.05) is 0 Å². The van der Waals surface area contributed by atoms with Gasteiger partial charge in [0.1, 0.15) is 0 Å². The lowest BCUT2D eigenvalue weighted by atomic mass is 9.96. The number of nitrogens with zero attached hydrogens (tertiary/aromatic N) is 2. The minimum atomic E-state index is -0.149. The third kappa shape index (κ3) is 2.24. The lowest BCUT2D eigenvalue weighted by molar-refractivity contribution is -0.115. The minimum absolute atomic E-state index is 0.00814. The van der Waals surface area contributed by atoms with Crippen molar-refractivity contribution in [2.45, 2.75) is 25.8 Å². The van der Waals surface area contributed by atoms with Crippen molar-refractivity contribution in [3.8, 4) is 0 Å². The molecule has 3 N–H and O–H groups in total. The third-order valence-electron chi connectivity index (χ3n) is 3.15. The number of aromatic nitrogens is 1. The molecule has 0 spiro atoms. The summed E-state index contributed by atoms with van der Waals surface area (Å²) >= 11 is 0. The average Bonchev–Trinajstić information content (AvgIpc) is 2.27. The van der Waals surface area contributed by atoms with Crippen LogP contribution in [0.3, 0.4) is 0 Å². The molecule has 1 aromatic heterocycles. The van der Waals surface area contributed by atoms with E-state index in [4.69, 9.17) is 5.73 Å². The maximum Gasteiger partial charge on any atom is 0.243 e. The van der Waals surface area contributed by atoms with E-state index in [1.165, 1.54) is 0 Å². The molecule has 0 saturated carbocycles. The number of carbonyl (C=O) groups excluding carboxylic acids is 1. The number of hydrogen-bond acceptors (Lipinski definition) is 4. The van der Waals surface area contributed by atoms with Gasteiger partial charge in [0, 0.05) is 11.7 Å². The van der Waals surface area contributed by atoms with E-state index < -0.39 is 0 Å². The molecule has 17 heavy (non-hydrogen) atoms. The maximum absolute atomic E-state index is 11.7. The Bertz CT molecular complexity index is 430. The van der Waals surface area contributed by atoms with Gasteiger partial charge in [-0.15, -0.1) is 0 Å². The summed E-state index contributed by atoms with van der Waals surface area (Å²) in [4.78, 5) is 17.9. The van der Waals surface area contributed by atoms with E-state index in [1.807, 2.05) is 6.07 Å². The van der Waals surface area contributed by atoms with Gasteiger partial charge in [-0.3, -0.25) is 9.78 Å². The van der Waals surface area contributed by atoms with E-state index in [9.17, 15) is 4.79 Å². The van der Waals surface area contributed by atoms with Crippen molar-refractivity contribution in [2.24, 2.45) is 5.73 Å². The lowest BCUT2D eigenvalue weighted by Crippen LogP contribution is -2.51. The zero-order valence-corrected chi connectivity index (χ0v) is 10.2. The number of carbonyl (C=O) groups is 1. The van der Waals surface area contributed by atoms with Crippen LogP contribution in [0.1, 0.15) is 20.3 Å². The second kappa shape index (κ2) is 4.33. The first-order valence-electron chi connectivity index (χ1n) is 5.76. The molecule has 0 fully saturated rings. The molecule has 0 unspecified atom stereocenters. The normalized spacial score (nSPS) is 15.5. The fourth-order valence-corrected chi connectivity index (χ4v) is 2.15. The Morgan fingerprint density at radius 2 is 2.35 bits per heavy atom. The molecule has 92 valence electrons.